The predicted molar refractivity (Wildman–Crippen MR) is 126 cm³/mol. The highest BCUT2D eigenvalue weighted by atomic mass is 79.9. The summed E-state index contributed by atoms with van der Waals surface area (Å²) in [7, 11) is 0. The van der Waals surface area contributed by atoms with Crippen molar-refractivity contribution in [1.82, 2.24) is 0 Å². The van der Waals surface area contributed by atoms with Crippen LogP contribution in [-0.2, 0) is 6.61 Å². The Morgan fingerprint density at radius 3 is 2.50 bits per heavy atom. The van der Waals surface area contributed by atoms with Crippen LogP contribution in [-0.4, -0.2) is 12.4 Å². The number of carbonyl (C=O) groups excluding carboxylic acids is 1. The quantitative estimate of drug-likeness (QED) is 0.233. The highest BCUT2D eigenvalue weighted by molar-refractivity contribution is 9.10. The third-order valence-corrected chi connectivity index (χ3v) is 5.38. The normalized spacial score (nSPS) is 10.9. The van der Waals surface area contributed by atoms with Crippen LogP contribution in [0.15, 0.2) is 71.2 Å². The average Bonchev–Trinajstić information content (AvgIpc) is 2.73. The Bertz CT molecular complexity index is 1070. The number of ether oxygens (including phenoxy) is 2. The smallest absolute Gasteiger partial charge is 0.185 e. The summed E-state index contributed by atoms with van der Waals surface area (Å²) in [5, 5.41) is 1.11. The van der Waals surface area contributed by atoms with Gasteiger partial charge in [0.25, 0.3) is 0 Å². The Morgan fingerprint density at radius 2 is 1.80 bits per heavy atom. The predicted octanol–water partition coefficient (Wildman–Crippen LogP) is 7.63. The van der Waals surface area contributed by atoms with Crippen LogP contribution in [0.1, 0.15) is 28.4 Å². The van der Waals surface area contributed by atoms with Crippen molar-refractivity contribution in [3.63, 3.8) is 0 Å². The third-order valence-electron chi connectivity index (χ3n) is 4.20. The topological polar surface area (TPSA) is 35.5 Å². The van der Waals surface area contributed by atoms with Crippen molar-refractivity contribution in [1.29, 1.82) is 0 Å². The Hall–Kier alpha value is -2.27. The second-order valence-corrected chi connectivity index (χ2v) is 8.05. The molecule has 3 aromatic rings. The monoisotopic (exact) mass is 504 g/mol. The van der Waals surface area contributed by atoms with Gasteiger partial charge in [0.15, 0.2) is 17.3 Å². The molecule has 0 radical (unpaired) electrons. The van der Waals surface area contributed by atoms with Gasteiger partial charge in [-0.05, 0) is 58.8 Å². The lowest BCUT2D eigenvalue weighted by molar-refractivity contribution is 0.104. The van der Waals surface area contributed by atoms with Crippen molar-refractivity contribution in [3.05, 3.63) is 97.9 Å². The minimum absolute atomic E-state index is 0.0672. The molecule has 3 rings (SSSR count). The van der Waals surface area contributed by atoms with Crippen molar-refractivity contribution >= 4 is 51.0 Å². The average molecular weight is 506 g/mol. The third kappa shape index (κ3) is 5.88. The van der Waals surface area contributed by atoms with Crippen LogP contribution >= 0.6 is 39.1 Å². The van der Waals surface area contributed by atoms with Crippen molar-refractivity contribution in [2.24, 2.45) is 0 Å². The fourth-order valence-electron chi connectivity index (χ4n) is 2.75. The first-order chi connectivity index (χ1) is 14.5. The van der Waals surface area contributed by atoms with E-state index in [1.807, 2.05) is 43.3 Å². The zero-order valence-electron chi connectivity index (χ0n) is 16.2. The van der Waals surface area contributed by atoms with Crippen molar-refractivity contribution in [2.45, 2.75) is 13.5 Å². The van der Waals surface area contributed by atoms with Crippen molar-refractivity contribution in [3.8, 4) is 11.5 Å². The highest BCUT2D eigenvalue weighted by Gasteiger charge is 2.13. The number of halogens is 3. The van der Waals surface area contributed by atoms with E-state index >= 15 is 0 Å². The molecule has 0 atom stereocenters. The molecule has 0 saturated heterocycles. The van der Waals surface area contributed by atoms with E-state index in [1.165, 1.54) is 0 Å². The first-order valence-corrected chi connectivity index (χ1v) is 10.8. The van der Waals surface area contributed by atoms with Crippen LogP contribution < -0.4 is 9.47 Å². The van der Waals surface area contributed by atoms with Gasteiger partial charge in [-0.3, -0.25) is 4.79 Å². The van der Waals surface area contributed by atoms with Crippen LogP contribution in [0.25, 0.3) is 6.08 Å². The van der Waals surface area contributed by atoms with E-state index in [2.05, 4.69) is 15.9 Å². The van der Waals surface area contributed by atoms with Gasteiger partial charge >= 0.3 is 0 Å². The number of rotatable bonds is 8. The second kappa shape index (κ2) is 10.7. The van der Waals surface area contributed by atoms with Gasteiger partial charge in [-0.2, -0.15) is 0 Å². The van der Waals surface area contributed by atoms with E-state index in [1.54, 1.807) is 36.4 Å². The SMILES string of the molecule is CCOc1cc(/C=C/C(=O)c2ccccc2)cc(Br)c1OCc1ccc(Cl)cc1Cl. The fourth-order valence-corrected chi connectivity index (χ4v) is 3.78. The molecule has 0 aliphatic carbocycles. The zero-order valence-corrected chi connectivity index (χ0v) is 19.3. The summed E-state index contributed by atoms with van der Waals surface area (Å²) in [5.41, 5.74) is 2.26. The van der Waals surface area contributed by atoms with Gasteiger partial charge in [-0.1, -0.05) is 65.7 Å². The van der Waals surface area contributed by atoms with Gasteiger partial charge in [0.1, 0.15) is 6.61 Å². The van der Waals surface area contributed by atoms with Crippen LogP contribution in [0.2, 0.25) is 10.0 Å². The van der Waals surface area contributed by atoms with Crippen molar-refractivity contribution in [2.75, 3.05) is 6.61 Å². The standard InChI is InChI=1S/C24H19BrCl2O3/c1-2-29-23-13-16(8-11-22(28)17-6-4-3-5-7-17)12-20(25)24(23)30-15-18-9-10-19(26)14-21(18)27/h3-14H,2,15H2,1H3/b11-8+. The minimum atomic E-state index is -0.0672. The summed E-state index contributed by atoms with van der Waals surface area (Å²) < 4.78 is 12.5. The summed E-state index contributed by atoms with van der Waals surface area (Å²) in [4.78, 5) is 12.3. The van der Waals surface area contributed by atoms with Gasteiger partial charge < -0.3 is 9.47 Å². The van der Waals surface area contributed by atoms with Gasteiger partial charge in [0, 0.05) is 21.2 Å². The summed E-state index contributed by atoms with van der Waals surface area (Å²) in [6.07, 6.45) is 3.29. The number of hydrogen-bond donors (Lipinski definition) is 0. The Kier molecular flexibility index (Phi) is 7.97. The number of benzene rings is 3. The first kappa shape index (κ1) is 22.4. The van der Waals surface area contributed by atoms with Gasteiger partial charge in [0.2, 0.25) is 0 Å². The lowest BCUT2D eigenvalue weighted by Gasteiger charge is -2.15. The number of hydrogen-bond acceptors (Lipinski definition) is 3. The molecular formula is C24H19BrCl2O3. The minimum Gasteiger partial charge on any atom is -0.490 e. The summed E-state index contributed by atoms with van der Waals surface area (Å²) in [6.45, 7) is 2.63. The molecule has 0 unspecified atom stereocenters. The van der Waals surface area contributed by atoms with Crippen molar-refractivity contribution < 1.29 is 14.3 Å². The Morgan fingerprint density at radius 1 is 1.03 bits per heavy atom. The molecule has 154 valence electrons. The van der Waals surface area contributed by atoms with Gasteiger partial charge in [0.05, 0.1) is 11.1 Å². The van der Waals surface area contributed by atoms with E-state index < -0.39 is 0 Å². The highest BCUT2D eigenvalue weighted by Crippen LogP contribution is 2.38. The van der Waals surface area contributed by atoms with Crippen LogP contribution in [0.4, 0.5) is 0 Å². The fraction of sp³-hybridized carbons (Fsp3) is 0.125. The second-order valence-electron chi connectivity index (χ2n) is 6.35. The molecule has 0 N–H and O–H groups in total. The molecule has 6 heteroatoms. The molecule has 0 aromatic heterocycles. The maximum atomic E-state index is 12.3. The molecule has 30 heavy (non-hydrogen) atoms. The molecule has 0 bridgehead atoms. The zero-order chi connectivity index (χ0) is 21.5. The van der Waals surface area contributed by atoms with Crippen LogP contribution in [0, 0.1) is 0 Å². The van der Waals surface area contributed by atoms with E-state index in [0.29, 0.717) is 38.2 Å². The molecule has 0 fully saturated rings. The number of allylic oxidation sites excluding steroid dienone is 1. The molecular weight excluding hydrogens is 487 g/mol. The van der Waals surface area contributed by atoms with Gasteiger partial charge in [-0.15, -0.1) is 0 Å². The Balaban J connectivity index is 1.81. The van der Waals surface area contributed by atoms with E-state index in [4.69, 9.17) is 32.7 Å². The lowest BCUT2D eigenvalue weighted by Crippen LogP contribution is -2.01. The first-order valence-electron chi connectivity index (χ1n) is 9.28. The number of ketones is 1. The largest absolute Gasteiger partial charge is 0.490 e. The van der Waals surface area contributed by atoms with Gasteiger partial charge in [-0.25, -0.2) is 0 Å². The summed E-state index contributed by atoms with van der Waals surface area (Å²) >= 11 is 15.7. The summed E-state index contributed by atoms with van der Waals surface area (Å²) in [6, 6.07) is 18.1. The molecule has 3 aromatic carbocycles. The molecule has 0 aliphatic heterocycles. The van der Waals surface area contributed by atoms with Crippen LogP contribution in [0.3, 0.4) is 0 Å². The summed E-state index contributed by atoms with van der Waals surface area (Å²) in [5.74, 6) is 1.07. The van der Waals surface area contributed by atoms with E-state index in [0.717, 1.165) is 11.1 Å². The van der Waals surface area contributed by atoms with E-state index in [9.17, 15) is 4.79 Å². The molecule has 3 nitrogen and oxygen atoms in total. The molecule has 0 saturated carbocycles. The molecule has 0 heterocycles. The van der Waals surface area contributed by atoms with E-state index in [-0.39, 0.29) is 12.4 Å². The Labute approximate surface area is 194 Å². The maximum Gasteiger partial charge on any atom is 0.185 e. The number of carbonyl (C=O) groups is 1. The van der Waals surface area contributed by atoms with Crippen LogP contribution in [0.5, 0.6) is 11.5 Å². The lowest BCUT2D eigenvalue weighted by atomic mass is 10.1. The molecule has 0 amide bonds. The molecule has 0 spiro atoms. The molecule has 0 aliphatic rings. The maximum absolute atomic E-state index is 12.3.